The average molecular weight is 517 g/mol. The lowest BCUT2D eigenvalue weighted by atomic mass is 9.66. The zero-order valence-corrected chi connectivity index (χ0v) is 21.3. The predicted molar refractivity (Wildman–Crippen MR) is 134 cm³/mol. The van der Waals surface area contributed by atoms with Crippen molar-refractivity contribution in [1.29, 1.82) is 0 Å². The topological polar surface area (TPSA) is 52.6 Å². The van der Waals surface area contributed by atoms with Crippen LogP contribution in [0.15, 0.2) is 48.5 Å². The van der Waals surface area contributed by atoms with Gasteiger partial charge in [0.1, 0.15) is 11.9 Å². The lowest BCUT2D eigenvalue weighted by Gasteiger charge is -2.42. The zero-order chi connectivity index (χ0) is 26.4. The van der Waals surface area contributed by atoms with Crippen molar-refractivity contribution in [2.45, 2.75) is 83.4 Å². The summed E-state index contributed by atoms with van der Waals surface area (Å²) >= 11 is 0. The summed E-state index contributed by atoms with van der Waals surface area (Å²) in [6, 6.07) is 9.85. The first-order valence-corrected chi connectivity index (χ1v) is 13.4. The fourth-order valence-corrected chi connectivity index (χ4v) is 5.84. The van der Waals surface area contributed by atoms with Crippen molar-refractivity contribution in [3.8, 4) is 5.75 Å². The van der Waals surface area contributed by atoms with E-state index in [1.807, 2.05) is 0 Å². The van der Waals surface area contributed by atoms with Crippen molar-refractivity contribution < 1.29 is 32.2 Å². The number of esters is 2. The number of hydrogen-bond donors (Lipinski definition) is 0. The number of alkyl halides is 3. The Bertz CT molecular complexity index is 1050. The Balaban J connectivity index is 1.25. The lowest BCUT2D eigenvalue weighted by molar-refractivity contribution is -0.137. The molecule has 0 radical (unpaired) electrons. The molecule has 2 aromatic rings. The van der Waals surface area contributed by atoms with Crippen LogP contribution in [0.25, 0.3) is 0 Å². The summed E-state index contributed by atoms with van der Waals surface area (Å²) in [4.78, 5) is 25.0. The number of fused-ring (bicyclic) bond motifs is 1. The van der Waals surface area contributed by atoms with Gasteiger partial charge in [-0.15, -0.1) is 0 Å². The fourth-order valence-electron chi connectivity index (χ4n) is 5.84. The van der Waals surface area contributed by atoms with Crippen LogP contribution in [0.3, 0.4) is 0 Å². The maximum atomic E-state index is 12.7. The molecule has 200 valence electrons. The van der Waals surface area contributed by atoms with Gasteiger partial charge in [0.05, 0.1) is 16.7 Å². The van der Waals surface area contributed by atoms with Crippen LogP contribution in [0.5, 0.6) is 5.75 Å². The van der Waals surface area contributed by atoms with Crippen LogP contribution in [0.4, 0.5) is 13.2 Å². The van der Waals surface area contributed by atoms with Crippen LogP contribution < -0.4 is 4.74 Å². The normalized spacial score (nSPS) is 23.7. The van der Waals surface area contributed by atoms with E-state index < -0.39 is 23.7 Å². The second-order valence-corrected chi connectivity index (χ2v) is 10.5. The minimum absolute atomic E-state index is 0.00193. The van der Waals surface area contributed by atoms with E-state index in [1.165, 1.54) is 69.2 Å². The number of halogens is 3. The van der Waals surface area contributed by atoms with Gasteiger partial charge in [-0.1, -0.05) is 39.0 Å². The second kappa shape index (κ2) is 12.1. The summed E-state index contributed by atoms with van der Waals surface area (Å²) in [7, 11) is 0. The molecule has 0 unspecified atom stereocenters. The summed E-state index contributed by atoms with van der Waals surface area (Å²) in [6.45, 7) is 2.25. The van der Waals surface area contributed by atoms with Gasteiger partial charge in [0.2, 0.25) is 0 Å². The molecule has 4 rings (SSSR count). The summed E-state index contributed by atoms with van der Waals surface area (Å²) in [5, 5.41) is 0. The Labute approximate surface area is 216 Å². The Hall–Kier alpha value is -2.83. The third-order valence-electron chi connectivity index (χ3n) is 7.91. The van der Waals surface area contributed by atoms with Gasteiger partial charge >= 0.3 is 18.1 Å². The van der Waals surface area contributed by atoms with E-state index >= 15 is 0 Å². The molecule has 0 heterocycles. The van der Waals surface area contributed by atoms with Gasteiger partial charge in [-0.25, -0.2) is 9.59 Å². The molecule has 4 atom stereocenters. The van der Waals surface area contributed by atoms with Crippen molar-refractivity contribution in [1.82, 2.24) is 0 Å². The Morgan fingerprint density at radius 1 is 0.811 bits per heavy atom. The predicted octanol–water partition coefficient (Wildman–Crippen LogP) is 8.25. The van der Waals surface area contributed by atoms with Crippen LogP contribution >= 0.6 is 0 Å². The molecular weight excluding hydrogens is 481 g/mol. The first-order chi connectivity index (χ1) is 17.7. The van der Waals surface area contributed by atoms with E-state index in [0.29, 0.717) is 11.5 Å². The van der Waals surface area contributed by atoms with E-state index in [9.17, 15) is 22.8 Å². The molecule has 2 fully saturated rings. The highest BCUT2D eigenvalue weighted by atomic mass is 19.4. The Morgan fingerprint density at radius 2 is 1.43 bits per heavy atom. The number of unbranched alkanes of at least 4 members (excludes halogenated alkanes) is 2. The molecule has 0 N–H and O–H groups in total. The van der Waals surface area contributed by atoms with E-state index in [2.05, 4.69) is 6.92 Å². The van der Waals surface area contributed by atoms with Crippen molar-refractivity contribution >= 4 is 11.9 Å². The zero-order valence-electron chi connectivity index (χ0n) is 21.3. The third kappa shape index (κ3) is 7.36. The average Bonchev–Trinajstić information content (AvgIpc) is 2.89. The van der Waals surface area contributed by atoms with Gasteiger partial charge in [-0.3, -0.25) is 0 Å². The molecule has 0 bridgehead atoms. The Morgan fingerprint density at radius 3 is 2.11 bits per heavy atom. The number of benzene rings is 2. The van der Waals surface area contributed by atoms with E-state index in [1.54, 1.807) is 0 Å². The van der Waals surface area contributed by atoms with Crippen LogP contribution in [-0.2, 0) is 10.9 Å². The highest BCUT2D eigenvalue weighted by molar-refractivity contribution is 5.92. The molecule has 0 aromatic heterocycles. The molecule has 0 saturated heterocycles. The third-order valence-corrected chi connectivity index (χ3v) is 7.91. The fraction of sp³-hybridized carbons (Fsp3) is 0.533. The first-order valence-electron chi connectivity index (χ1n) is 13.4. The molecular formula is C30H35F3O4. The van der Waals surface area contributed by atoms with E-state index in [0.717, 1.165) is 55.4 Å². The van der Waals surface area contributed by atoms with Crippen molar-refractivity contribution in [2.24, 2.45) is 17.8 Å². The molecule has 0 amide bonds. The van der Waals surface area contributed by atoms with Gasteiger partial charge < -0.3 is 9.47 Å². The number of carbonyl (C=O) groups is 2. The molecule has 2 aliphatic carbocycles. The number of hydrogen-bond acceptors (Lipinski definition) is 4. The van der Waals surface area contributed by atoms with E-state index in [4.69, 9.17) is 9.47 Å². The van der Waals surface area contributed by atoms with Crippen LogP contribution in [0.2, 0.25) is 0 Å². The number of ether oxygens (including phenoxy) is 2. The van der Waals surface area contributed by atoms with Crippen molar-refractivity contribution in [3.05, 3.63) is 65.2 Å². The Kier molecular flexibility index (Phi) is 8.93. The van der Waals surface area contributed by atoms with Gasteiger partial charge in [0.15, 0.2) is 0 Å². The number of rotatable bonds is 8. The first kappa shape index (κ1) is 27.2. The summed E-state index contributed by atoms with van der Waals surface area (Å²) in [6.07, 6.45) is 7.53. The standard InChI is InChI=1S/C30H35F3O4/c1-2-3-4-5-20-6-7-24-19-27(17-12-23(24)18-20)37-29(35)22-10-15-26(16-11-22)36-28(34)21-8-13-25(14-9-21)30(31,32)33/h8-11,13-16,20,23-24,27H,2-7,12,17-19H2,1H3/t20-,23-,24-,27-/m1/s1. The molecule has 37 heavy (non-hydrogen) atoms. The molecule has 2 aromatic carbocycles. The number of carbonyl (C=O) groups excluding carboxylic acids is 2. The minimum atomic E-state index is -4.47. The second-order valence-electron chi connectivity index (χ2n) is 10.5. The lowest BCUT2D eigenvalue weighted by Crippen LogP contribution is -2.35. The SMILES string of the molecule is CCCCC[C@@H]1CC[C@@H]2C[C@H](OC(=O)c3ccc(OC(=O)c4ccc(C(F)(F)F)cc4)cc3)CC[C@@H]2C1. The molecule has 2 aliphatic rings. The van der Waals surface area contributed by atoms with Crippen LogP contribution in [0, 0.1) is 17.8 Å². The maximum Gasteiger partial charge on any atom is 0.416 e. The summed E-state index contributed by atoms with van der Waals surface area (Å²) in [5.74, 6) is 1.28. The smallest absolute Gasteiger partial charge is 0.416 e. The van der Waals surface area contributed by atoms with E-state index in [-0.39, 0.29) is 17.4 Å². The van der Waals surface area contributed by atoms with Crippen molar-refractivity contribution in [3.63, 3.8) is 0 Å². The monoisotopic (exact) mass is 516 g/mol. The van der Waals surface area contributed by atoms with Gasteiger partial charge in [-0.2, -0.15) is 13.2 Å². The highest BCUT2D eigenvalue weighted by Gasteiger charge is 2.36. The molecule has 4 nitrogen and oxygen atoms in total. The minimum Gasteiger partial charge on any atom is -0.459 e. The molecule has 0 aliphatic heterocycles. The van der Waals surface area contributed by atoms with Gasteiger partial charge in [-0.05, 0) is 98.4 Å². The summed E-state index contributed by atoms with van der Waals surface area (Å²) in [5.41, 5.74) is -0.464. The van der Waals surface area contributed by atoms with Crippen LogP contribution in [0.1, 0.15) is 97.4 Å². The quantitative estimate of drug-likeness (QED) is 0.201. The van der Waals surface area contributed by atoms with Gasteiger partial charge in [0.25, 0.3) is 0 Å². The molecule has 7 heteroatoms. The summed E-state index contributed by atoms with van der Waals surface area (Å²) < 4.78 is 49.2. The van der Waals surface area contributed by atoms with Crippen molar-refractivity contribution in [2.75, 3.05) is 0 Å². The molecule has 2 saturated carbocycles. The highest BCUT2D eigenvalue weighted by Crippen LogP contribution is 2.45. The van der Waals surface area contributed by atoms with Gasteiger partial charge in [0, 0.05) is 0 Å². The maximum absolute atomic E-state index is 12.7. The largest absolute Gasteiger partial charge is 0.459 e. The molecule has 0 spiro atoms. The van der Waals surface area contributed by atoms with Crippen LogP contribution in [-0.4, -0.2) is 18.0 Å².